The van der Waals surface area contributed by atoms with Crippen molar-refractivity contribution < 1.29 is 18.1 Å². The Morgan fingerprint density at radius 2 is 2.09 bits per heavy atom. The second kappa shape index (κ2) is 10.3. The lowest BCUT2D eigenvalue weighted by Crippen LogP contribution is -2.19. The third-order valence-electron chi connectivity index (χ3n) is 5.56. The lowest BCUT2D eigenvalue weighted by molar-refractivity contribution is 0.0663. The highest BCUT2D eigenvalue weighted by molar-refractivity contribution is 7.86. The highest BCUT2D eigenvalue weighted by atomic mass is 32.2. The number of hydrogen-bond acceptors (Lipinski definition) is 6. The van der Waals surface area contributed by atoms with Gasteiger partial charge in [0.2, 0.25) is 0 Å². The number of nitrogens with zero attached hydrogens (tertiary/aromatic N) is 3. The van der Waals surface area contributed by atoms with Crippen LogP contribution in [0.3, 0.4) is 0 Å². The van der Waals surface area contributed by atoms with E-state index in [1.807, 2.05) is 29.9 Å². The van der Waals surface area contributed by atoms with Gasteiger partial charge in [0, 0.05) is 42.5 Å². The van der Waals surface area contributed by atoms with E-state index in [4.69, 9.17) is 20.3 Å². The number of aromatic nitrogens is 3. The van der Waals surface area contributed by atoms with Gasteiger partial charge in [-0.25, -0.2) is 13.6 Å². The van der Waals surface area contributed by atoms with Gasteiger partial charge in [-0.3, -0.25) is 4.68 Å². The van der Waals surface area contributed by atoms with Crippen molar-refractivity contribution in [2.24, 2.45) is 0 Å². The minimum Gasteiger partial charge on any atom is -0.492 e. The van der Waals surface area contributed by atoms with Gasteiger partial charge >= 0.3 is 0 Å². The second-order valence-corrected chi connectivity index (χ2v) is 9.18. The van der Waals surface area contributed by atoms with Crippen LogP contribution in [0.1, 0.15) is 32.2 Å². The topological polar surface area (TPSA) is 104 Å². The standard InChI is InChI=1S/C23H28FN5O3S/c1-3-10-33(30)28-21-13-15(12-19(24)22(21)31-2)18-11-16(14-26-23(18)25)20-4-7-29(27-20)17-5-8-32-9-6-17/h4,7,11-14,17,28H,3,5-6,8-10H2,1-2H3,(H2,25,26). The summed E-state index contributed by atoms with van der Waals surface area (Å²) >= 11 is 0. The highest BCUT2D eigenvalue weighted by Crippen LogP contribution is 2.37. The van der Waals surface area contributed by atoms with E-state index in [0.29, 0.717) is 28.6 Å². The molecule has 10 heteroatoms. The van der Waals surface area contributed by atoms with Crippen molar-refractivity contribution in [3.8, 4) is 28.1 Å². The predicted molar refractivity (Wildman–Crippen MR) is 128 cm³/mol. The van der Waals surface area contributed by atoms with Crippen LogP contribution in [0.4, 0.5) is 15.9 Å². The maximum atomic E-state index is 14.8. The zero-order valence-corrected chi connectivity index (χ0v) is 19.5. The molecule has 33 heavy (non-hydrogen) atoms. The highest BCUT2D eigenvalue weighted by Gasteiger charge is 2.19. The smallest absolute Gasteiger partial charge is 0.178 e. The van der Waals surface area contributed by atoms with Crippen LogP contribution in [0.5, 0.6) is 5.75 Å². The molecule has 2 aromatic heterocycles. The van der Waals surface area contributed by atoms with E-state index in [1.54, 1.807) is 12.3 Å². The number of nitrogens with two attached hydrogens (primary N) is 1. The Labute approximate surface area is 194 Å². The molecule has 3 heterocycles. The van der Waals surface area contributed by atoms with Crippen molar-refractivity contribution in [1.29, 1.82) is 0 Å². The molecule has 176 valence electrons. The summed E-state index contributed by atoms with van der Waals surface area (Å²) in [5.74, 6) is 0.109. The molecule has 1 saturated heterocycles. The van der Waals surface area contributed by atoms with Gasteiger partial charge in [0.15, 0.2) is 11.6 Å². The molecule has 1 aromatic carbocycles. The van der Waals surface area contributed by atoms with Crippen LogP contribution in [-0.2, 0) is 15.7 Å². The van der Waals surface area contributed by atoms with E-state index >= 15 is 0 Å². The lowest BCUT2D eigenvalue weighted by atomic mass is 10.0. The van der Waals surface area contributed by atoms with E-state index in [0.717, 1.165) is 43.7 Å². The van der Waals surface area contributed by atoms with Crippen molar-refractivity contribution in [2.75, 3.05) is 36.5 Å². The molecular formula is C23H28FN5O3S. The summed E-state index contributed by atoms with van der Waals surface area (Å²) in [6.45, 7) is 3.39. The van der Waals surface area contributed by atoms with Gasteiger partial charge in [-0.1, -0.05) is 6.92 Å². The molecule has 8 nitrogen and oxygen atoms in total. The summed E-state index contributed by atoms with van der Waals surface area (Å²) in [5.41, 5.74) is 9.04. The van der Waals surface area contributed by atoms with Gasteiger partial charge < -0.3 is 19.9 Å². The largest absolute Gasteiger partial charge is 0.492 e. The van der Waals surface area contributed by atoms with Crippen LogP contribution in [0.2, 0.25) is 0 Å². The van der Waals surface area contributed by atoms with Crippen LogP contribution in [0.15, 0.2) is 36.7 Å². The molecule has 0 spiro atoms. The predicted octanol–water partition coefficient (Wildman–Crippen LogP) is 4.18. The first-order valence-corrected chi connectivity index (χ1v) is 12.2. The molecule has 0 aliphatic carbocycles. The molecule has 3 aromatic rings. The van der Waals surface area contributed by atoms with Crippen molar-refractivity contribution >= 4 is 22.5 Å². The molecule has 0 amide bonds. The third-order valence-corrected chi connectivity index (χ3v) is 6.79. The minimum absolute atomic E-state index is 0.00101. The fraction of sp³-hybridized carbons (Fsp3) is 0.391. The van der Waals surface area contributed by atoms with Crippen LogP contribution in [0.25, 0.3) is 22.4 Å². The normalized spacial score (nSPS) is 15.4. The van der Waals surface area contributed by atoms with E-state index in [2.05, 4.69) is 9.71 Å². The van der Waals surface area contributed by atoms with Crippen LogP contribution in [0, 0.1) is 5.82 Å². The number of ether oxygens (including phenoxy) is 2. The molecular weight excluding hydrogens is 445 g/mol. The zero-order chi connectivity index (χ0) is 23.4. The quantitative estimate of drug-likeness (QED) is 0.509. The number of nitrogen functional groups attached to an aromatic ring is 1. The van der Waals surface area contributed by atoms with Gasteiger partial charge in [-0.2, -0.15) is 5.10 Å². The van der Waals surface area contributed by atoms with Crippen LogP contribution < -0.4 is 15.2 Å². The monoisotopic (exact) mass is 473 g/mol. The molecule has 1 fully saturated rings. The molecule has 4 rings (SSSR count). The van der Waals surface area contributed by atoms with E-state index < -0.39 is 16.8 Å². The Morgan fingerprint density at radius 3 is 2.82 bits per heavy atom. The summed E-state index contributed by atoms with van der Waals surface area (Å²) in [4.78, 5) is 4.32. The number of pyridine rings is 1. The molecule has 0 bridgehead atoms. The molecule has 0 radical (unpaired) electrons. The van der Waals surface area contributed by atoms with E-state index in [-0.39, 0.29) is 11.6 Å². The number of benzene rings is 1. The Kier molecular flexibility index (Phi) is 7.24. The number of nitrogens with one attached hydrogen (secondary N) is 1. The summed E-state index contributed by atoms with van der Waals surface area (Å²) in [6.07, 6.45) is 6.19. The number of anilines is 2. The van der Waals surface area contributed by atoms with Crippen LogP contribution in [-0.4, -0.2) is 45.0 Å². The van der Waals surface area contributed by atoms with Crippen molar-refractivity contribution in [3.63, 3.8) is 0 Å². The van der Waals surface area contributed by atoms with Crippen molar-refractivity contribution in [3.05, 3.63) is 42.5 Å². The molecule has 1 unspecified atom stereocenters. The summed E-state index contributed by atoms with van der Waals surface area (Å²) in [5, 5.41) is 4.72. The molecule has 0 saturated carbocycles. The Morgan fingerprint density at radius 1 is 1.30 bits per heavy atom. The van der Waals surface area contributed by atoms with Gasteiger partial charge in [-0.15, -0.1) is 0 Å². The average Bonchev–Trinajstić information content (AvgIpc) is 3.30. The maximum Gasteiger partial charge on any atom is 0.178 e. The second-order valence-electron chi connectivity index (χ2n) is 7.87. The average molecular weight is 474 g/mol. The van der Waals surface area contributed by atoms with Gasteiger partial charge in [0.1, 0.15) is 16.8 Å². The maximum absolute atomic E-state index is 14.8. The van der Waals surface area contributed by atoms with Crippen molar-refractivity contribution in [1.82, 2.24) is 14.8 Å². The third kappa shape index (κ3) is 5.17. The first-order chi connectivity index (χ1) is 16.0. The zero-order valence-electron chi connectivity index (χ0n) is 18.7. The minimum atomic E-state index is -1.36. The molecule has 3 N–H and O–H groups in total. The number of rotatable bonds is 8. The number of methoxy groups -OCH3 is 1. The van der Waals surface area contributed by atoms with Gasteiger partial charge in [0.05, 0.1) is 24.5 Å². The molecule has 1 atom stereocenters. The van der Waals surface area contributed by atoms with E-state index in [9.17, 15) is 8.60 Å². The SMILES string of the molecule is CCCS(=O)Nc1cc(-c2cc(-c3ccn(C4CCOCC4)n3)cnc2N)cc(F)c1OC. The molecule has 1 aliphatic heterocycles. The van der Waals surface area contributed by atoms with E-state index in [1.165, 1.54) is 13.2 Å². The lowest BCUT2D eigenvalue weighted by Gasteiger charge is -2.22. The summed E-state index contributed by atoms with van der Waals surface area (Å²) in [6, 6.07) is 7.09. The summed E-state index contributed by atoms with van der Waals surface area (Å²) < 4.78 is 42.5. The van der Waals surface area contributed by atoms with Gasteiger partial charge in [0.25, 0.3) is 0 Å². The Hall–Kier alpha value is -2.98. The Balaban J connectivity index is 1.68. The van der Waals surface area contributed by atoms with Crippen LogP contribution >= 0.6 is 0 Å². The van der Waals surface area contributed by atoms with Gasteiger partial charge in [-0.05, 0) is 49.1 Å². The Bertz CT molecular complexity index is 1150. The van der Waals surface area contributed by atoms with Crippen molar-refractivity contribution in [2.45, 2.75) is 32.2 Å². The fourth-order valence-corrected chi connectivity index (χ4v) is 4.75. The fourth-order valence-electron chi connectivity index (χ4n) is 3.88. The first-order valence-electron chi connectivity index (χ1n) is 10.9. The summed E-state index contributed by atoms with van der Waals surface area (Å²) in [7, 11) is 0.0119. The number of halogens is 1. The number of hydrogen-bond donors (Lipinski definition) is 2. The molecule has 1 aliphatic rings. The first kappa shape index (κ1) is 23.2.